The Labute approximate surface area is 145 Å². The van der Waals surface area contributed by atoms with E-state index in [1.807, 2.05) is 0 Å². The fourth-order valence-corrected chi connectivity index (χ4v) is 9.19. The second kappa shape index (κ2) is 4.59. The van der Waals surface area contributed by atoms with E-state index in [4.69, 9.17) is 0 Å². The van der Waals surface area contributed by atoms with Crippen LogP contribution in [0.25, 0.3) is 0 Å². The van der Waals surface area contributed by atoms with Crippen molar-refractivity contribution >= 4 is 17.5 Å². The third-order valence-electron chi connectivity index (χ3n) is 9.53. The summed E-state index contributed by atoms with van der Waals surface area (Å²) in [6, 6.07) is 0. The van der Waals surface area contributed by atoms with Crippen molar-refractivity contribution in [3.8, 4) is 0 Å². The first-order valence-electron chi connectivity index (χ1n) is 10.1. The molecule has 0 radical (unpaired) electrons. The smallest absolute Gasteiger partial charge is 0.139 e. The van der Waals surface area contributed by atoms with Gasteiger partial charge in [0.05, 0.1) is 0 Å². The lowest BCUT2D eigenvalue weighted by molar-refractivity contribution is -0.141. The lowest BCUT2D eigenvalue weighted by atomic mass is 9.43. The van der Waals surface area contributed by atoms with Gasteiger partial charge in [0.25, 0.3) is 0 Å². The van der Waals surface area contributed by atoms with Crippen molar-refractivity contribution in [2.75, 3.05) is 5.75 Å². The van der Waals surface area contributed by atoms with Crippen LogP contribution in [0.15, 0.2) is 0 Å². The zero-order valence-corrected chi connectivity index (χ0v) is 15.9. The average Bonchev–Trinajstić information content (AvgIpc) is 3.22. The predicted octanol–water partition coefficient (Wildman–Crippen LogP) is 5.33. The molecule has 0 aromatic carbocycles. The largest absolute Gasteiger partial charge is 0.299 e. The molecule has 0 aromatic rings. The van der Waals surface area contributed by atoms with E-state index < -0.39 is 0 Å². The Kier molecular flexibility index (Phi) is 3.05. The van der Waals surface area contributed by atoms with Crippen LogP contribution in [0.2, 0.25) is 0 Å². The Hall–Kier alpha value is 0.0200. The first kappa shape index (κ1) is 15.3. The molecule has 1 aliphatic heterocycles. The lowest BCUT2D eigenvalue weighted by Gasteiger charge is -2.61. The molecule has 2 heteroatoms. The summed E-state index contributed by atoms with van der Waals surface area (Å²) in [6.07, 6.45) is 10.4. The number of fused-ring (bicyclic) bond motifs is 5. The summed E-state index contributed by atoms with van der Waals surface area (Å²) < 4.78 is 0.684. The Bertz CT molecular complexity index is 552. The van der Waals surface area contributed by atoms with Crippen LogP contribution in [-0.4, -0.2) is 16.3 Å². The molecule has 4 aliphatic carbocycles. The molecule has 128 valence electrons. The highest BCUT2D eigenvalue weighted by Gasteiger charge is 2.64. The molecule has 1 spiro atoms. The Morgan fingerprint density at radius 2 is 1.83 bits per heavy atom. The van der Waals surface area contributed by atoms with Gasteiger partial charge in [-0.25, -0.2) is 0 Å². The molecule has 4 saturated carbocycles. The minimum absolute atomic E-state index is 0.0538. The van der Waals surface area contributed by atoms with Crippen molar-refractivity contribution < 1.29 is 4.79 Å². The minimum Gasteiger partial charge on any atom is -0.299 e. The van der Waals surface area contributed by atoms with Crippen molar-refractivity contribution in [2.24, 2.45) is 40.4 Å². The summed E-state index contributed by atoms with van der Waals surface area (Å²) in [5.74, 6) is 6.39. The molecule has 0 amide bonds. The molecule has 1 nitrogen and oxygen atoms in total. The first-order valence-corrected chi connectivity index (χ1v) is 11.0. The van der Waals surface area contributed by atoms with Crippen molar-refractivity contribution in [3.63, 3.8) is 0 Å². The quantitative estimate of drug-likeness (QED) is 0.558. The summed E-state index contributed by atoms with van der Waals surface area (Å²) in [4.78, 5) is 12.5. The van der Waals surface area contributed by atoms with E-state index in [0.29, 0.717) is 21.9 Å². The van der Waals surface area contributed by atoms with Crippen LogP contribution in [-0.2, 0) is 4.79 Å². The van der Waals surface area contributed by atoms with Gasteiger partial charge in [-0.1, -0.05) is 20.8 Å². The Morgan fingerprint density at radius 3 is 2.57 bits per heavy atom. The molecule has 5 fully saturated rings. The Balaban J connectivity index is 1.47. The first-order chi connectivity index (χ1) is 10.9. The number of thioether (sulfide) groups is 1. The fraction of sp³-hybridized carbons (Fsp3) is 0.952. The van der Waals surface area contributed by atoms with Crippen LogP contribution < -0.4 is 0 Å². The van der Waals surface area contributed by atoms with Gasteiger partial charge in [0.1, 0.15) is 5.78 Å². The molecule has 1 saturated heterocycles. The lowest BCUT2D eigenvalue weighted by Crippen LogP contribution is -2.55. The fourth-order valence-electron chi connectivity index (χ4n) is 7.92. The van der Waals surface area contributed by atoms with Crippen LogP contribution in [0.5, 0.6) is 0 Å². The van der Waals surface area contributed by atoms with Crippen molar-refractivity contribution in [2.45, 2.75) is 76.9 Å². The number of ketones is 1. The van der Waals surface area contributed by atoms with Crippen LogP contribution in [0, 0.1) is 40.4 Å². The molecular weight excluding hydrogens is 300 g/mol. The molecule has 1 heterocycles. The molecule has 0 aromatic heterocycles. The Morgan fingerprint density at radius 1 is 1.04 bits per heavy atom. The molecule has 23 heavy (non-hydrogen) atoms. The second-order valence-electron chi connectivity index (χ2n) is 10.2. The predicted molar refractivity (Wildman–Crippen MR) is 96.5 cm³/mol. The molecule has 5 aliphatic rings. The van der Waals surface area contributed by atoms with E-state index >= 15 is 0 Å². The van der Waals surface area contributed by atoms with Crippen LogP contribution in [0.1, 0.15) is 72.1 Å². The number of carbonyl (C=O) groups is 1. The zero-order chi connectivity index (χ0) is 16.0. The molecule has 5 rings (SSSR count). The molecular formula is C21H32OS. The van der Waals surface area contributed by atoms with E-state index in [2.05, 4.69) is 32.5 Å². The third-order valence-corrected chi connectivity index (χ3v) is 11.1. The van der Waals surface area contributed by atoms with E-state index in [-0.39, 0.29) is 5.41 Å². The van der Waals surface area contributed by atoms with Crippen LogP contribution in [0.4, 0.5) is 0 Å². The number of rotatable bonds is 0. The summed E-state index contributed by atoms with van der Waals surface area (Å²) >= 11 is 2.25. The van der Waals surface area contributed by atoms with Gasteiger partial charge < -0.3 is 0 Å². The van der Waals surface area contributed by atoms with Gasteiger partial charge >= 0.3 is 0 Å². The topological polar surface area (TPSA) is 17.1 Å². The zero-order valence-electron chi connectivity index (χ0n) is 15.1. The van der Waals surface area contributed by atoms with Crippen molar-refractivity contribution in [3.05, 3.63) is 0 Å². The van der Waals surface area contributed by atoms with Gasteiger partial charge in [0.2, 0.25) is 0 Å². The average molecular weight is 333 g/mol. The number of hydrogen-bond donors (Lipinski definition) is 0. The van der Waals surface area contributed by atoms with Gasteiger partial charge in [0.15, 0.2) is 0 Å². The van der Waals surface area contributed by atoms with Crippen LogP contribution >= 0.6 is 11.8 Å². The second-order valence-corrected chi connectivity index (χ2v) is 11.6. The van der Waals surface area contributed by atoms with Crippen molar-refractivity contribution in [1.29, 1.82) is 0 Å². The highest BCUT2D eigenvalue weighted by atomic mass is 32.2. The monoisotopic (exact) mass is 332 g/mol. The van der Waals surface area contributed by atoms with E-state index in [1.54, 1.807) is 0 Å². The number of hydrogen-bond acceptors (Lipinski definition) is 2. The van der Waals surface area contributed by atoms with E-state index in [1.165, 1.54) is 50.7 Å². The molecule has 0 bridgehead atoms. The standard InChI is InChI=1S/C21H32OS/c1-13-10-20(3)14(11-21(13)12-23-21)4-5-15-16-6-7-18(22)19(16,2)9-8-17(15)20/h13-17H,4-12H2,1-3H3/t13-,14-,15-,16+,17+,19+,20+,21+/m1/s1. The van der Waals surface area contributed by atoms with Gasteiger partial charge in [-0.3, -0.25) is 4.79 Å². The highest BCUT2D eigenvalue weighted by molar-refractivity contribution is 8.07. The maximum atomic E-state index is 12.5. The number of carbonyl (C=O) groups excluding carboxylic acids is 1. The number of Topliss-reactive ketones (excluding diaryl/α,β-unsaturated/α-hetero) is 1. The van der Waals surface area contributed by atoms with E-state index in [9.17, 15) is 4.79 Å². The normalized spacial score (nSPS) is 61.0. The van der Waals surface area contributed by atoms with Gasteiger partial charge in [-0.15, -0.1) is 0 Å². The van der Waals surface area contributed by atoms with Gasteiger partial charge in [-0.05, 0) is 80.0 Å². The highest BCUT2D eigenvalue weighted by Crippen LogP contribution is 2.70. The molecule has 0 N–H and O–H groups in total. The summed E-state index contributed by atoms with van der Waals surface area (Å²) in [5, 5.41) is 0. The molecule has 0 unspecified atom stereocenters. The third kappa shape index (κ3) is 1.85. The SMILES string of the molecule is C[C@@H]1C[C@@]2(C)[C@H](CC[C@H]3[C@@H]2CC[C@]2(C)C(=O)CC[C@@H]32)C[C@]12CS2. The summed E-state index contributed by atoms with van der Waals surface area (Å²) in [5.41, 5.74) is 0.627. The molecule has 8 atom stereocenters. The van der Waals surface area contributed by atoms with Crippen molar-refractivity contribution in [1.82, 2.24) is 0 Å². The van der Waals surface area contributed by atoms with E-state index in [0.717, 1.165) is 30.1 Å². The summed E-state index contributed by atoms with van der Waals surface area (Å²) in [6.45, 7) is 7.51. The maximum absolute atomic E-state index is 12.5. The van der Waals surface area contributed by atoms with Gasteiger partial charge in [0, 0.05) is 22.3 Å². The van der Waals surface area contributed by atoms with Crippen LogP contribution in [0.3, 0.4) is 0 Å². The maximum Gasteiger partial charge on any atom is 0.139 e. The summed E-state index contributed by atoms with van der Waals surface area (Å²) in [7, 11) is 0. The van der Waals surface area contributed by atoms with Gasteiger partial charge in [-0.2, -0.15) is 11.8 Å². The minimum atomic E-state index is 0.0538.